The van der Waals surface area contributed by atoms with E-state index in [0.717, 1.165) is 24.4 Å². The molecule has 0 radical (unpaired) electrons. The standard InChI is InChI=1S/C14H12N2/c1-2-5-14-15-9-12-11-7-4-3-6-10(11)8-13(12)16-14/h2-4,6-7,9H,1,5,8H2. The molecule has 0 fully saturated rings. The Labute approximate surface area is 94.7 Å². The molecule has 0 N–H and O–H groups in total. The van der Waals surface area contributed by atoms with Crippen LogP contribution in [0.3, 0.4) is 0 Å². The predicted octanol–water partition coefficient (Wildman–Crippen LogP) is 2.78. The Morgan fingerprint density at radius 1 is 1.25 bits per heavy atom. The molecule has 2 aromatic rings. The van der Waals surface area contributed by atoms with Crippen LogP contribution in [0.5, 0.6) is 0 Å². The topological polar surface area (TPSA) is 25.8 Å². The van der Waals surface area contributed by atoms with Gasteiger partial charge >= 0.3 is 0 Å². The first kappa shape index (κ1) is 9.28. The van der Waals surface area contributed by atoms with E-state index in [0.29, 0.717) is 0 Å². The maximum atomic E-state index is 4.58. The highest BCUT2D eigenvalue weighted by Gasteiger charge is 2.19. The highest BCUT2D eigenvalue weighted by atomic mass is 14.9. The lowest BCUT2D eigenvalue weighted by atomic mass is 10.1. The van der Waals surface area contributed by atoms with Gasteiger partial charge in [-0.15, -0.1) is 6.58 Å². The van der Waals surface area contributed by atoms with Gasteiger partial charge in [-0.25, -0.2) is 9.97 Å². The average molecular weight is 208 g/mol. The minimum atomic E-state index is 0.740. The van der Waals surface area contributed by atoms with Crippen LogP contribution in [-0.2, 0) is 12.8 Å². The molecule has 0 saturated carbocycles. The zero-order valence-electron chi connectivity index (χ0n) is 8.98. The monoisotopic (exact) mass is 208 g/mol. The molecule has 2 heteroatoms. The zero-order valence-corrected chi connectivity index (χ0v) is 8.98. The molecule has 2 nitrogen and oxygen atoms in total. The van der Waals surface area contributed by atoms with Crippen LogP contribution < -0.4 is 0 Å². The number of nitrogens with zero attached hydrogens (tertiary/aromatic N) is 2. The molecule has 16 heavy (non-hydrogen) atoms. The lowest BCUT2D eigenvalue weighted by molar-refractivity contribution is 0.950. The largest absolute Gasteiger partial charge is 0.240 e. The number of rotatable bonds is 2. The molecule has 0 saturated heterocycles. The van der Waals surface area contributed by atoms with Crippen LogP contribution in [0.15, 0.2) is 43.1 Å². The molecule has 0 unspecified atom stereocenters. The third-order valence-electron chi connectivity index (χ3n) is 2.91. The van der Waals surface area contributed by atoms with E-state index in [2.05, 4.69) is 40.8 Å². The molecular weight excluding hydrogens is 196 g/mol. The summed E-state index contributed by atoms with van der Waals surface area (Å²) in [6.45, 7) is 3.71. The van der Waals surface area contributed by atoms with E-state index in [-0.39, 0.29) is 0 Å². The molecule has 0 amide bonds. The summed E-state index contributed by atoms with van der Waals surface area (Å²) >= 11 is 0. The van der Waals surface area contributed by atoms with Crippen molar-refractivity contribution in [2.24, 2.45) is 0 Å². The van der Waals surface area contributed by atoms with E-state index in [4.69, 9.17) is 0 Å². The van der Waals surface area contributed by atoms with Gasteiger partial charge in [0.1, 0.15) is 5.82 Å². The molecule has 1 aromatic carbocycles. The Bertz CT molecular complexity index is 558. The lowest BCUT2D eigenvalue weighted by Crippen LogP contribution is -1.96. The highest BCUT2D eigenvalue weighted by molar-refractivity contribution is 5.74. The molecule has 1 aliphatic carbocycles. The molecule has 0 bridgehead atoms. The highest BCUT2D eigenvalue weighted by Crippen LogP contribution is 2.34. The zero-order chi connectivity index (χ0) is 11.0. The Kier molecular flexibility index (Phi) is 2.07. The van der Waals surface area contributed by atoms with Crippen molar-refractivity contribution < 1.29 is 0 Å². The first-order valence-corrected chi connectivity index (χ1v) is 5.42. The summed E-state index contributed by atoms with van der Waals surface area (Å²) in [4.78, 5) is 8.93. The van der Waals surface area contributed by atoms with Crippen molar-refractivity contribution in [3.63, 3.8) is 0 Å². The molecular formula is C14H12N2. The van der Waals surface area contributed by atoms with Gasteiger partial charge in [0.2, 0.25) is 0 Å². The van der Waals surface area contributed by atoms with Gasteiger partial charge in [0.15, 0.2) is 0 Å². The van der Waals surface area contributed by atoms with E-state index in [1.54, 1.807) is 0 Å². The van der Waals surface area contributed by atoms with Gasteiger partial charge < -0.3 is 0 Å². The van der Waals surface area contributed by atoms with E-state index in [1.165, 1.54) is 16.7 Å². The van der Waals surface area contributed by atoms with Crippen molar-refractivity contribution in [3.05, 3.63) is 60.2 Å². The lowest BCUT2D eigenvalue weighted by Gasteiger charge is -2.01. The third kappa shape index (κ3) is 1.34. The third-order valence-corrected chi connectivity index (χ3v) is 2.91. The summed E-state index contributed by atoms with van der Waals surface area (Å²) in [5.41, 5.74) is 4.96. The number of hydrogen-bond acceptors (Lipinski definition) is 2. The summed E-state index contributed by atoms with van der Waals surface area (Å²) in [6.07, 6.45) is 5.44. The van der Waals surface area contributed by atoms with Crippen LogP contribution in [0.25, 0.3) is 11.1 Å². The minimum absolute atomic E-state index is 0.740. The maximum absolute atomic E-state index is 4.58. The Balaban J connectivity index is 2.10. The first-order chi connectivity index (χ1) is 7.88. The van der Waals surface area contributed by atoms with Crippen molar-refractivity contribution >= 4 is 0 Å². The van der Waals surface area contributed by atoms with Gasteiger partial charge in [0, 0.05) is 24.6 Å². The van der Waals surface area contributed by atoms with E-state index in [1.807, 2.05) is 12.3 Å². The number of allylic oxidation sites excluding steroid dienone is 1. The van der Waals surface area contributed by atoms with Crippen molar-refractivity contribution in [1.82, 2.24) is 9.97 Å². The summed E-state index contributed by atoms with van der Waals surface area (Å²) in [5, 5.41) is 0. The van der Waals surface area contributed by atoms with Crippen LogP contribution >= 0.6 is 0 Å². The molecule has 1 aliphatic rings. The summed E-state index contributed by atoms with van der Waals surface area (Å²) in [7, 11) is 0. The normalized spacial score (nSPS) is 12.0. The number of benzene rings is 1. The van der Waals surface area contributed by atoms with Gasteiger partial charge in [-0.3, -0.25) is 0 Å². The number of hydrogen-bond donors (Lipinski definition) is 0. The van der Waals surface area contributed by atoms with Crippen LogP contribution in [0.2, 0.25) is 0 Å². The van der Waals surface area contributed by atoms with Gasteiger partial charge in [-0.1, -0.05) is 30.3 Å². The van der Waals surface area contributed by atoms with Crippen molar-refractivity contribution in [3.8, 4) is 11.1 Å². The van der Waals surface area contributed by atoms with Gasteiger partial charge in [-0.2, -0.15) is 0 Å². The van der Waals surface area contributed by atoms with Crippen molar-refractivity contribution in [2.45, 2.75) is 12.8 Å². The fraction of sp³-hybridized carbons (Fsp3) is 0.143. The predicted molar refractivity (Wildman–Crippen MR) is 64.2 cm³/mol. The van der Waals surface area contributed by atoms with Crippen LogP contribution in [-0.4, -0.2) is 9.97 Å². The molecule has 0 aliphatic heterocycles. The van der Waals surface area contributed by atoms with Crippen LogP contribution in [0.4, 0.5) is 0 Å². The van der Waals surface area contributed by atoms with Gasteiger partial charge in [-0.05, 0) is 11.1 Å². The van der Waals surface area contributed by atoms with Crippen molar-refractivity contribution in [1.29, 1.82) is 0 Å². The molecule has 1 aromatic heterocycles. The summed E-state index contributed by atoms with van der Waals surface area (Å²) in [5.74, 6) is 0.863. The van der Waals surface area contributed by atoms with E-state index in [9.17, 15) is 0 Å². The quantitative estimate of drug-likeness (QED) is 0.605. The number of fused-ring (bicyclic) bond motifs is 3. The first-order valence-electron chi connectivity index (χ1n) is 5.42. The second kappa shape index (κ2) is 3.56. The second-order valence-corrected chi connectivity index (χ2v) is 3.97. The molecule has 1 heterocycles. The fourth-order valence-electron chi connectivity index (χ4n) is 2.16. The Morgan fingerprint density at radius 3 is 3.00 bits per heavy atom. The average Bonchev–Trinajstić information content (AvgIpc) is 2.67. The van der Waals surface area contributed by atoms with Gasteiger partial charge in [0.05, 0.1) is 5.69 Å². The smallest absolute Gasteiger partial charge is 0.132 e. The van der Waals surface area contributed by atoms with E-state index >= 15 is 0 Å². The maximum Gasteiger partial charge on any atom is 0.132 e. The number of aromatic nitrogens is 2. The fourth-order valence-corrected chi connectivity index (χ4v) is 2.16. The minimum Gasteiger partial charge on any atom is -0.240 e. The molecule has 78 valence electrons. The summed E-state index contributed by atoms with van der Waals surface area (Å²) in [6, 6.07) is 8.43. The SMILES string of the molecule is C=CCc1ncc2c(n1)Cc1ccccc1-2. The molecule has 0 atom stereocenters. The van der Waals surface area contributed by atoms with Crippen LogP contribution in [0.1, 0.15) is 17.1 Å². The van der Waals surface area contributed by atoms with E-state index < -0.39 is 0 Å². The van der Waals surface area contributed by atoms with Gasteiger partial charge in [0.25, 0.3) is 0 Å². The second-order valence-electron chi connectivity index (χ2n) is 3.97. The Hall–Kier alpha value is -1.96. The molecule has 0 spiro atoms. The molecule has 3 rings (SSSR count). The van der Waals surface area contributed by atoms with Crippen LogP contribution in [0, 0.1) is 0 Å². The van der Waals surface area contributed by atoms with Crippen molar-refractivity contribution in [2.75, 3.05) is 0 Å². The summed E-state index contributed by atoms with van der Waals surface area (Å²) < 4.78 is 0. The Morgan fingerprint density at radius 2 is 2.12 bits per heavy atom.